The standard InChI is InChI=1S/C9H17BO3/c1-9(2,3)13-10(11)8-4-6-12-7-5-8/h4,11H,5-7H2,1-3H3. The molecule has 0 bridgehead atoms. The molecule has 0 saturated carbocycles. The van der Waals surface area contributed by atoms with Crippen molar-refractivity contribution in [1.82, 2.24) is 0 Å². The average molecular weight is 184 g/mol. The highest BCUT2D eigenvalue weighted by atomic mass is 16.5. The van der Waals surface area contributed by atoms with E-state index in [4.69, 9.17) is 9.39 Å². The number of hydrogen-bond acceptors (Lipinski definition) is 3. The van der Waals surface area contributed by atoms with E-state index in [1.54, 1.807) is 0 Å². The maximum atomic E-state index is 9.66. The highest BCUT2D eigenvalue weighted by Crippen LogP contribution is 2.16. The highest BCUT2D eigenvalue weighted by molar-refractivity contribution is 6.52. The Morgan fingerprint density at radius 3 is 2.69 bits per heavy atom. The van der Waals surface area contributed by atoms with Crippen LogP contribution in [0.4, 0.5) is 0 Å². The molecule has 0 radical (unpaired) electrons. The zero-order valence-electron chi connectivity index (χ0n) is 8.54. The van der Waals surface area contributed by atoms with Crippen LogP contribution in [0.3, 0.4) is 0 Å². The van der Waals surface area contributed by atoms with Gasteiger partial charge in [-0.2, -0.15) is 0 Å². The first-order valence-corrected chi connectivity index (χ1v) is 4.61. The molecule has 0 unspecified atom stereocenters. The van der Waals surface area contributed by atoms with Gasteiger partial charge in [0.25, 0.3) is 0 Å². The SMILES string of the molecule is CC(C)(C)OB(O)C1=CCOCC1. The van der Waals surface area contributed by atoms with Gasteiger partial charge < -0.3 is 14.4 Å². The van der Waals surface area contributed by atoms with Crippen molar-refractivity contribution in [3.05, 3.63) is 11.5 Å². The molecule has 0 fully saturated rings. The van der Waals surface area contributed by atoms with E-state index in [1.165, 1.54) is 0 Å². The van der Waals surface area contributed by atoms with E-state index in [1.807, 2.05) is 26.8 Å². The predicted molar refractivity (Wildman–Crippen MR) is 52.3 cm³/mol. The molecular formula is C9H17BO3. The molecule has 1 heterocycles. The summed E-state index contributed by atoms with van der Waals surface area (Å²) in [6, 6.07) is 0. The van der Waals surface area contributed by atoms with Crippen LogP contribution in [0.25, 0.3) is 0 Å². The van der Waals surface area contributed by atoms with Gasteiger partial charge in [-0.1, -0.05) is 6.08 Å². The van der Waals surface area contributed by atoms with Crippen LogP contribution in [0.2, 0.25) is 0 Å². The fourth-order valence-corrected chi connectivity index (χ4v) is 1.18. The van der Waals surface area contributed by atoms with Gasteiger partial charge in [0.05, 0.1) is 13.2 Å². The third kappa shape index (κ3) is 3.94. The first-order chi connectivity index (χ1) is 5.99. The summed E-state index contributed by atoms with van der Waals surface area (Å²) >= 11 is 0. The van der Waals surface area contributed by atoms with E-state index in [2.05, 4.69) is 0 Å². The second-order valence-electron chi connectivity index (χ2n) is 4.19. The lowest BCUT2D eigenvalue weighted by Gasteiger charge is -2.24. The van der Waals surface area contributed by atoms with Crippen molar-refractivity contribution in [2.45, 2.75) is 32.8 Å². The molecule has 0 saturated heterocycles. The van der Waals surface area contributed by atoms with Crippen LogP contribution in [0.15, 0.2) is 11.5 Å². The van der Waals surface area contributed by atoms with Gasteiger partial charge in [0.2, 0.25) is 0 Å². The Bertz CT molecular complexity index is 196. The second-order valence-corrected chi connectivity index (χ2v) is 4.19. The molecule has 74 valence electrons. The second kappa shape index (κ2) is 4.27. The Kier molecular flexibility index (Phi) is 3.53. The fourth-order valence-electron chi connectivity index (χ4n) is 1.18. The van der Waals surface area contributed by atoms with Crippen LogP contribution in [0.5, 0.6) is 0 Å². The zero-order chi connectivity index (χ0) is 9.90. The molecule has 0 amide bonds. The molecule has 0 atom stereocenters. The summed E-state index contributed by atoms with van der Waals surface area (Å²) in [6.07, 6.45) is 2.65. The topological polar surface area (TPSA) is 38.7 Å². The maximum absolute atomic E-state index is 9.66. The van der Waals surface area contributed by atoms with Crippen molar-refractivity contribution < 1.29 is 14.4 Å². The summed E-state index contributed by atoms with van der Waals surface area (Å²) in [4.78, 5) is 0. The largest absolute Gasteiger partial charge is 0.487 e. The van der Waals surface area contributed by atoms with E-state index < -0.39 is 7.12 Å². The molecule has 13 heavy (non-hydrogen) atoms. The molecule has 0 spiro atoms. The monoisotopic (exact) mass is 184 g/mol. The molecule has 0 aromatic heterocycles. The minimum Gasteiger partial charge on any atom is -0.423 e. The van der Waals surface area contributed by atoms with Crippen LogP contribution in [-0.2, 0) is 9.39 Å². The smallest absolute Gasteiger partial charge is 0.423 e. The maximum Gasteiger partial charge on any atom is 0.487 e. The van der Waals surface area contributed by atoms with Gasteiger partial charge in [-0.25, -0.2) is 0 Å². The quantitative estimate of drug-likeness (QED) is 0.654. The minimum absolute atomic E-state index is 0.307. The average Bonchev–Trinajstić information content (AvgIpc) is 2.03. The summed E-state index contributed by atoms with van der Waals surface area (Å²) in [7, 11) is -0.774. The minimum atomic E-state index is -0.774. The summed E-state index contributed by atoms with van der Waals surface area (Å²) in [5.74, 6) is 0. The van der Waals surface area contributed by atoms with Crippen molar-refractivity contribution in [1.29, 1.82) is 0 Å². The van der Waals surface area contributed by atoms with Crippen LogP contribution >= 0.6 is 0 Å². The van der Waals surface area contributed by atoms with Crippen molar-refractivity contribution >= 4 is 7.12 Å². The van der Waals surface area contributed by atoms with Crippen molar-refractivity contribution in [2.24, 2.45) is 0 Å². The van der Waals surface area contributed by atoms with Crippen molar-refractivity contribution in [3.63, 3.8) is 0 Å². The Morgan fingerprint density at radius 2 is 2.23 bits per heavy atom. The van der Waals surface area contributed by atoms with E-state index in [9.17, 15) is 5.02 Å². The van der Waals surface area contributed by atoms with Crippen LogP contribution < -0.4 is 0 Å². The molecule has 1 N–H and O–H groups in total. The van der Waals surface area contributed by atoms with E-state index in [0.717, 1.165) is 11.9 Å². The molecule has 1 aliphatic heterocycles. The van der Waals surface area contributed by atoms with E-state index in [0.29, 0.717) is 13.2 Å². The van der Waals surface area contributed by atoms with Crippen LogP contribution in [-0.4, -0.2) is 31.0 Å². The number of hydrogen-bond donors (Lipinski definition) is 1. The summed E-state index contributed by atoms with van der Waals surface area (Å²) in [5.41, 5.74) is 0.625. The fraction of sp³-hybridized carbons (Fsp3) is 0.778. The lowest BCUT2D eigenvalue weighted by molar-refractivity contribution is 0.101. The summed E-state index contributed by atoms with van der Waals surface area (Å²) in [6.45, 7) is 7.04. The molecule has 0 aliphatic carbocycles. The predicted octanol–water partition coefficient (Wildman–Crippen LogP) is 1.17. The van der Waals surface area contributed by atoms with Crippen LogP contribution in [0.1, 0.15) is 27.2 Å². The molecule has 0 aromatic rings. The van der Waals surface area contributed by atoms with Crippen LogP contribution in [0, 0.1) is 0 Å². The van der Waals surface area contributed by atoms with Gasteiger partial charge in [-0.05, 0) is 32.7 Å². The van der Waals surface area contributed by atoms with Gasteiger partial charge in [-0.3, -0.25) is 0 Å². The zero-order valence-corrected chi connectivity index (χ0v) is 8.54. The van der Waals surface area contributed by atoms with Gasteiger partial charge in [0.1, 0.15) is 0 Å². The van der Waals surface area contributed by atoms with E-state index >= 15 is 0 Å². The number of ether oxygens (including phenoxy) is 1. The molecule has 1 aliphatic rings. The Balaban J connectivity index is 2.47. The first-order valence-electron chi connectivity index (χ1n) is 4.61. The summed E-state index contributed by atoms with van der Waals surface area (Å²) < 4.78 is 10.5. The molecule has 1 rings (SSSR count). The van der Waals surface area contributed by atoms with Gasteiger partial charge >= 0.3 is 7.12 Å². The third-order valence-corrected chi connectivity index (χ3v) is 1.78. The molecule has 0 aromatic carbocycles. The number of rotatable bonds is 2. The molecule has 4 heteroatoms. The van der Waals surface area contributed by atoms with Gasteiger partial charge in [0.15, 0.2) is 0 Å². The normalized spacial score (nSPS) is 18.3. The lowest BCUT2D eigenvalue weighted by atomic mass is 9.75. The third-order valence-electron chi connectivity index (χ3n) is 1.78. The van der Waals surface area contributed by atoms with Gasteiger partial charge in [-0.15, -0.1) is 0 Å². The lowest BCUT2D eigenvalue weighted by Crippen LogP contribution is -2.34. The summed E-state index contributed by atoms with van der Waals surface area (Å²) in [5, 5.41) is 9.66. The van der Waals surface area contributed by atoms with Crippen molar-refractivity contribution in [2.75, 3.05) is 13.2 Å². The van der Waals surface area contributed by atoms with Gasteiger partial charge in [0, 0.05) is 5.60 Å². The molecular weight excluding hydrogens is 167 g/mol. The Morgan fingerprint density at radius 1 is 1.54 bits per heavy atom. The Labute approximate surface area is 79.9 Å². The molecule has 3 nitrogen and oxygen atoms in total. The Hall–Kier alpha value is -0.315. The first kappa shape index (κ1) is 10.8. The van der Waals surface area contributed by atoms with E-state index in [-0.39, 0.29) is 5.60 Å². The van der Waals surface area contributed by atoms with Crippen molar-refractivity contribution in [3.8, 4) is 0 Å². The highest BCUT2D eigenvalue weighted by Gasteiger charge is 2.26.